The maximum Gasteiger partial charge on any atom is 0.407 e. The third-order valence-corrected chi connectivity index (χ3v) is 2.05. The van der Waals surface area contributed by atoms with Crippen LogP contribution in [0.15, 0.2) is 11.6 Å². The first kappa shape index (κ1) is 10.6. The van der Waals surface area contributed by atoms with Gasteiger partial charge in [-0.15, -0.1) is 0 Å². The third kappa shape index (κ3) is 2.48. The number of nitrogens with zero attached hydrogens (tertiary/aromatic N) is 1. The van der Waals surface area contributed by atoms with Crippen molar-refractivity contribution in [2.24, 2.45) is 0 Å². The summed E-state index contributed by atoms with van der Waals surface area (Å²) in [6, 6.07) is 0. The number of carboxylic acid groups (broad SMARTS) is 1. The van der Waals surface area contributed by atoms with E-state index in [1.54, 1.807) is 6.08 Å². The highest BCUT2D eigenvalue weighted by Gasteiger charge is 2.20. The lowest BCUT2D eigenvalue weighted by Crippen LogP contribution is -2.39. The van der Waals surface area contributed by atoms with E-state index in [4.69, 9.17) is 5.11 Å². The lowest BCUT2D eigenvalue weighted by atomic mass is 10.1. The first-order valence-electron chi connectivity index (χ1n) is 4.60. The molecule has 0 aromatic rings. The van der Waals surface area contributed by atoms with Crippen LogP contribution in [0.2, 0.25) is 0 Å². The van der Waals surface area contributed by atoms with Crippen LogP contribution in [0.4, 0.5) is 4.79 Å². The molecule has 78 valence electrons. The summed E-state index contributed by atoms with van der Waals surface area (Å²) >= 11 is 0. The van der Waals surface area contributed by atoms with E-state index in [1.165, 1.54) is 4.90 Å². The zero-order valence-corrected chi connectivity index (χ0v) is 8.12. The maximum absolute atomic E-state index is 11.4. The minimum Gasteiger partial charge on any atom is -0.465 e. The summed E-state index contributed by atoms with van der Waals surface area (Å²) in [4.78, 5) is 23.3. The van der Waals surface area contributed by atoms with Gasteiger partial charge in [0, 0.05) is 18.7 Å². The Balaban J connectivity index is 2.59. The highest BCUT2D eigenvalue weighted by molar-refractivity contribution is 5.94. The molecule has 5 heteroatoms. The molecule has 0 aromatic carbocycles. The molecule has 0 aliphatic carbocycles. The zero-order valence-electron chi connectivity index (χ0n) is 8.12. The average Bonchev–Trinajstić information content (AvgIpc) is 2.18. The van der Waals surface area contributed by atoms with Crippen molar-refractivity contribution in [3.05, 3.63) is 11.6 Å². The molecule has 0 atom stereocenters. The molecular formula is C9H14N2O3. The Bertz CT molecular complexity index is 273. The lowest BCUT2D eigenvalue weighted by Gasteiger charge is -2.23. The summed E-state index contributed by atoms with van der Waals surface area (Å²) in [6.45, 7) is 3.05. The van der Waals surface area contributed by atoms with Gasteiger partial charge in [-0.25, -0.2) is 4.79 Å². The van der Waals surface area contributed by atoms with Gasteiger partial charge in [-0.3, -0.25) is 4.79 Å². The zero-order chi connectivity index (χ0) is 10.6. The second-order valence-electron chi connectivity index (χ2n) is 3.08. The summed E-state index contributed by atoms with van der Waals surface area (Å²) in [5, 5.41) is 11.4. The van der Waals surface area contributed by atoms with Crippen LogP contribution in [0.1, 0.15) is 13.3 Å². The lowest BCUT2D eigenvalue weighted by molar-refractivity contribution is -0.117. The van der Waals surface area contributed by atoms with E-state index in [1.807, 2.05) is 6.92 Å². The Morgan fingerprint density at radius 2 is 2.36 bits per heavy atom. The topological polar surface area (TPSA) is 69.6 Å². The van der Waals surface area contributed by atoms with Crippen molar-refractivity contribution in [1.82, 2.24) is 10.2 Å². The molecule has 2 amide bonds. The second-order valence-corrected chi connectivity index (χ2v) is 3.08. The number of carbonyl (C=O) groups is 2. The van der Waals surface area contributed by atoms with Gasteiger partial charge in [0.15, 0.2) is 0 Å². The van der Waals surface area contributed by atoms with Crippen LogP contribution in [0, 0.1) is 0 Å². The molecule has 0 radical (unpaired) electrons. The maximum atomic E-state index is 11.4. The fourth-order valence-electron chi connectivity index (χ4n) is 1.35. The molecule has 0 bridgehead atoms. The smallest absolute Gasteiger partial charge is 0.407 e. The van der Waals surface area contributed by atoms with Gasteiger partial charge in [0.2, 0.25) is 5.91 Å². The van der Waals surface area contributed by atoms with E-state index < -0.39 is 6.09 Å². The number of amides is 2. The van der Waals surface area contributed by atoms with Gasteiger partial charge in [0.1, 0.15) is 0 Å². The van der Waals surface area contributed by atoms with Crippen molar-refractivity contribution in [3.8, 4) is 0 Å². The number of hydrogen-bond acceptors (Lipinski definition) is 2. The van der Waals surface area contributed by atoms with Gasteiger partial charge in [-0.05, 0) is 13.3 Å². The molecular weight excluding hydrogens is 184 g/mol. The van der Waals surface area contributed by atoms with Crippen LogP contribution >= 0.6 is 0 Å². The molecule has 0 unspecified atom stereocenters. The average molecular weight is 198 g/mol. The van der Waals surface area contributed by atoms with E-state index in [-0.39, 0.29) is 12.5 Å². The molecule has 1 aliphatic heterocycles. The van der Waals surface area contributed by atoms with Crippen molar-refractivity contribution in [2.75, 3.05) is 19.6 Å². The summed E-state index contributed by atoms with van der Waals surface area (Å²) < 4.78 is 0. The number of likely N-dealkylation sites (N-methyl/N-ethyl adjacent to an activating group) is 1. The highest BCUT2D eigenvalue weighted by Crippen LogP contribution is 2.09. The molecule has 14 heavy (non-hydrogen) atoms. The van der Waals surface area contributed by atoms with E-state index in [0.717, 1.165) is 0 Å². The van der Waals surface area contributed by atoms with Gasteiger partial charge in [-0.1, -0.05) is 6.08 Å². The Kier molecular flexibility index (Phi) is 3.50. The predicted octanol–water partition coefficient (Wildman–Crippen LogP) is 0.433. The summed E-state index contributed by atoms with van der Waals surface area (Å²) in [5.41, 5.74) is 0.542. The molecule has 1 rings (SSSR count). The van der Waals surface area contributed by atoms with Crippen molar-refractivity contribution in [1.29, 1.82) is 0 Å². The van der Waals surface area contributed by atoms with Gasteiger partial charge < -0.3 is 15.3 Å². The molecule has 0 fully saturated rings. The van der Waals surface area contributed by atoms with Crippen LogP contribution < -0.4 is 5.32 Å². The summed E-state index contributed by atoms with van der Waals surface area (Å²) in [5.74, 6) is -0.168. The molecule has 5 nitrogen and oxygen atoms in total. The first-order chi connectivity index (χ1) is 6.65. The fraction of sp³-hybridized carbons (Fsp3) is 0.556. The van der Waals surface area contributed by atoms with E-state index in [0.29, 0.717) is 25.1 Å². The van der Waals surface area contributed by atoms with Crippen LogP contribution in [0.5, 0.6) is 0 Å². The quantitative estimate of drug-likeness (QED) is 0.676. The number of nitrogens with one attached hydrogen (secondary N) is 1. The molecule has 2 N–H and O–H groups in total. The predicted molar refractivity (Wildman–Crippen MR) is 51.0 cm³/mol. The number of rotatable bonds is 2. The van der Waals surface area contributed by atoms with E-state index >= 15 is 0 Å². The fourth-order valence-corrected chi connectivity index (χ4v) is 1.35. The molecule has 1 heterocycles. The molecule has 1 aliphatic rings. The molecule has 0 spiro atoms. The van der Waals surface area contributed by atoms with Crippen molar-refractivity contribution in [3.63, 3.8) is 0 Å². The Morgan fingerprint density at radius 1 is 1.64 bits per heavy atom. The Morgan fingerprint density at radius 3 is 2.93 bits per heavy atom. The largest absolute Gasteiger partial charge is 0.465 e. The summed E-state index contributed by atoms with van der Waals surface area (Å²) in [7, 11) is 0. The van der Waals surface area contributed by atoms with Crippen molar-refractivity contribution < 1.29 is 14.7 Å². The standard InChI is InChI=1S/C9H14N2O3/c1-2-10-8(12)7-4-3-5-11(6-7)9(13)14/h4H,2-3,5-6H2,1H3,(H,10,12)(H,13,14). The third-order valence-electron chi connectivity index (χ3n) is 2.05. The van der Waals surface area contributed by atoms with E-state index in [9.17, 15) is 9.59 Å². The van der Waals surface area contributed by atoms with E-state index in [2.05, 4.69) is 5.32 Å². The van der Waals surface area contributed by atoms with Crippen LogP contribution in [0.3, 0.4) is 0 Å². The van der Waals surface area contributed by atoms with Gasteiger partial charge in [0.05, 0.1) is 6.54 Å². The molecule has 0 aromatic heterocycles. The normalized spacial score (nSPS) is 16.1. The second kappa shape index (κ2) is 4.64. The van der Waals surface area contributed by atoms with Gasteiger partial charge >= 0.3 is 6.09 Å². The van der Waals surface area contributed by atoms with Crippen LogP contribution in [-0.4, -0.2) is 41.6 Å². The van der Waals surface area contributed by atoms with Crippen molar-refractivity contribution >= 4 is 12.0 Å². The van der Waals surface area contributed by atoms with Crippen LogP contribution in [0.25, 0.3) is 0 Å². The SMILES string of the molecule is CCNC(=O)C1=CCCN(C(=O)O)C1. The highest BCUT2D eigenvalue weighted by atomic mass is 16.4. The minimum atomic E-state index is -0.972. The summed E-state index contributed by atoms with van der Waals surface area (Å²) in [6.07, 6.45) is 1.43. The molecule has 0 saturated heterocycles. The monoisotopic (exact) mass is 198 g/mol. The number of hydrogen-bond donors (Lipinski definition) is 2. The molecule has 0 saturated carbocycles. The Labute approximate surface area is 82.4 Å². The van der Waals surface area contributed by atoms with Gasteiger partial charge in [-0.2, -0.15) is 0 Å². The first-order valence-corrected chi connectivity index (χ1v) is 4.60. The Hall–Kier alpha value is -1.52. The minimum absolute atomic E-state index is 0.168. The van der Waals surface area contributed by atoms with Gasteiger partial charge in [0.25, 0.3) is 0 Å². The van der Waals surface area contributed by atoms with Crippen LogP contribution in [-0.2, 0) is 4.79 Å². The number of carbonyl (C=O) groups excluding carboxylic acids is 1. The van der Waals surface area contributed by atoms with Crippen molar-refractivity contribution in [2.45, 2.75) is 13.3 Å².